The molecule has 4 aromatic rings. The summed E-state index contributed by atoms with van der Waals surface area (Å²) in [6.45, 7) is 0. The highest BCUT2D eigenvalue weighted by Crippen LogP contribution is 2.34. The van der Waals surface area contributed by atoms with Gasteiger partial charge in [-0.2, -0.15) is 0 Å². The van der Waals surface area contributed by atoms with Crippen LogP contribution in [0.4, 0.5) is 0 Å². The van der Waals surface area contributed by atoms with Crippen LogP contribution >= 0.6 is 11.6 Å². The minimum Gasteiger partial charge on any atom is -0.360 e. The fourth-order valence-electron chi connectivity index (χ4n) is 3.25. The Balaban J connectivity index is 1.75. The molecule has 0 fully saturated rings. The zero-order chi connectivity index (χ0) is 20.6. The summed E-state index contributed by atoms with van der Waals surface area (Å²) >= 11 is 6.47. The van der Waals surface area contributed by atoms with E-state index in [1.807, 2.05) is 59.3 Å². The minimum absolute atomic E-state index is 0.240. The van der Waals surface area contributed by atoms with Crippen LogP contribution in [0.1, 0.15) is 10.4 Å². The first-order chi connectivity index (χ1) is 13.8. The van der Waals surface area contributed by atoms with Gasteiger partial charge < -0.3 is 4.98 Å². The molecule has 0 unspecified atom stereocenters. The van der Waals surface area contributed by atoms with Gasteiger partial charge in [-0.05, 0) is 28.8 Å². The van der Waals surface area contributed by atoms with E-state index in [9.17, 15) is 13.2 Å². The second-order valence-corrected chi connectivity index (χ2v) is 8.88. The normalized spacial score (nSPS) is 11.5. The molecule has 3 aromatic carbocycles. The molecular formula is C22H17ClN2O3S. The van der Waals surface area contributed by atoms with Crippen molar-refractivity contribution in [2.24, 2.45) is 0 Å². The third kappa shape index (κ3) is 4.04. The highest BCUT2D eigenvalue weighted by molar-refractivity contribution is 7.89. The van der Waals surface area contributed by atoms with Gasteiger partial charge in [0.25, 0.3) is 5.91 Å². The van der Waals surface area contributed by atoms with Gasteiger partial charge in [0.15, 0.2) is 0 Å². The van der Waals surface area contributed by atoms with E-state index >= 15 is 0 Å². The molecule has 7 heteroatoms. The van der Waals surface area contributed by atoms with Crippen molar-refractivity contribution < 1.29 is 13.2 Å². The second-order valence-electron chi connectivity index (χ2n) is 6.73. The molecule has 0 radical (unpaired) electrons. The molecule has 0 bridgehead atoms. The summed E-state index contributed by atoms with van der Waals surface area (Å²) in [5.74, 6) is -0.688. The maximum atomic E-state index is 12.3. The number of carbonyl (C=O) groups is 1. The summed E-state index contributed by atoms with van der Waals surface area (Å²) in [6, 6.07) is 21.5. The van der Waals surface area contributed by atoms with Gasteiger partial charge in [0.05, 0.1) is 16.8 Å². The zero-order valence-electron chi connectivity index (χ0n) is 15.4. The van der Waals surface area contributed by atoms with Crippen LogP contribution in [-0.2, 0) is 10.0 Å². The lowest BCUT2D eigenvalue weighted by molar-refractivity contribution is 0.0983. The number of aromatic amines is 1. The van der Waals surface area contributed by atoms with Crippen molar-refractivity contribution in [1.82, 2.24) is 9.71 Å². The van der Waals surface area contributed by atoms with Gasteiger partial charge in [-0.1, -0.05) is 66.2 Å². The number of carbonyl (C=O) groups excluding carboxylic acids is 1. The number of sulfonamides is 1. The van der Waals surface area contributed by atoms with Gasteiger partial charge in [-0.25, -0.2) is 13.1 Å². The highest BCUT2D eigenvalue weighted by atomic mass is 35.5. The topological polar surface area (TPSA) is 79.0 Å². The molecule has 146 valence electrons. The van der Waals surface area contributed by atoms with E-state index in [1.54, 1.807) is 12.1 Å². The van der Waals surface area contributed by atoms with E-state index in [-0.39, 0.29) is 5.56 Å². The largest absolute Gasteiger partial charge is 0.360 e. The summed E-state index contributed by atoms with van der Waals surface area (Å²) in [5.41, 5.74) is 4.74. The Kier molecular flexibility index (Phi) is 4.90. The lowest BCUT2D eigenvalue weighted by atomic mass is 9.99. The van der Waals surface area contributed by atoms with Crippen molar-refractivity contribution in [3.8, 4) is 22.3 Å². The number of fused-ring (bicyclic) bond motifs is 1. The van der Waals surface area contributed by atoms with Crippen LogP contribution in [0.25, 0.3) is 33.2 Å². The van der Waals surface area contributed by atoms with Gasteiger partial charge in [-0.3, -0.25) is 4.79 Å². The molecule has 1 amide bonds. The Morgan fingerprint density at radius 3 is 2.21 bits per heavy atom. The molecule has 2 N–H and O–H groups in total. The van der Waals surface area contributed by atoms with Crippen LogP contribution in [0.15, 0.2) is 72.9 Å². The summed E-state index contributed by atoms with van der Waals surface area (Å²) in [6.07, 6.45) is 2.42. The maximum Gasteiger partial charge on any atom is 0.266 e. The third-order valence-corrected chi connectivity index (χ3v) is 5.46. The van der Waals surface area contributed by atoms with Crippen LogP contribution in [0, 0.1) is 0 Å². The first-order valence-corrected chi connectivity index (χ1v) is 11.1. The van der Waals surface area contributed by atoms with Crippen LogP contribution in [0.2, 0.25) is 5.02 Å². The van der Waals surface area contributed by atoms with Crippen LogP contribution in [0.5, 0.6) is 0 Å². The van der Waals surface area contributed by atoms with Crippen LogP contribution in [-0.4, -0.2) is 25.6 Å². The van der Waals surface area contributed by atoms with E-state index in [4.69, 9.17) is 11.6 Å². The van der Waals surface area contributed by atoms with E-state index in [2.05, 4.69) is 4.98 Å². The number of nitrogens with one attached hydrogen (secondary N) is 2. The minimum atomic E-state index is -3.66. The van der Waals surface area contributed by atoms with Gasteiger partial charge in [0.2, 0.25) is 10.0 Å². The van der Waals surface area contributed by atoms with Gasteiger partial charge >= 0.3 is 0 Å². The predicted octanol–water partition coefficient (Wildman–Crippen LogP) is 4.84. The average Bonchev–Trinajstić information content (AvgIpc) is 3.10. The van der Waals surface area contributed by atoms with Gasteiger partial charge in [0.1, 0.15) is 0 Å². The maximum absolute atomic E-state index is 12.3. The predicted molar refractivity (Wildman–Crippen MR) is 116 cm³/mol. The highest BCUT2D eigenvalue weighted by Gasteiger charge is 2.17. The Bertz CT molecular complexity index is 1310. The zero-order valence-corrected chi connectivity index (χ0v) is 17.0. The van der Waals surface area contributed by atoms with Crippen molar-refractivity contribution in [1.29, 1.82) is 0 Å². The number of halogens is 1. The summed E-state index contributed by atoms with van der Waals surface area (Å²) in [5, 5.41) is 1.12. The number of hydrogen-bond acceptors (Lipinski definition) is 3. The molecule has 0 atom stereocenters. The first-order valence-electron chi connectivity index (χ1n) is 8.80. The Labute approximate surface area is 173 Å². The van der Waals surface area contributed by atoms with E-state index < -0.39 is 15.9 Å². The lowest BCUT2D eigenvalue weighted by Crippen LogP contribution is -2.29. The number of H-pyrrole nitrogens is 1. The average molecular weight is 425 g/mol. The number of benzene rings is 3. The summed E-state index contributed by atoms with van der Waals surface area (Å²) in [7, 11) is -3.66. The molecule has 4 rings (SSSR count). The first kappa shape index (κ1) is 19.2. The van der Waals surface area contributed by atoms with Crippen molar-refractivity contribution >= 4 is 38.4 Å². The molecule has 1 aromatic heterocycles. The van der Waals surface area contributed by atoms with E-state index in [0.29, 0.717) is 15.9 Å². The van der Waals surface area contributed by atoms with E-state index in [1.165, 1.54) is 6.20 Å². The van der Waals surface area contributed by atoms with Crippen LogP contribution < -0.4 is 4.72 Å². The molecular weight excluding hydrogens is 408 g/mol. The Morgan fingerprint density at radius 1 is 0.931 bits per heavy atom. The fourth-order valence-corrected chi connectivity index (χ4v) is 3.97. The molecule has 0 aliphatic rings. The number of rotatable bonds is 4. The van der Waals surface area contributed by atoms with Crippen molar-refractivity contribution in [2.75, 3.05) is 6.26 Å². The third-order valence-electron chi connectivity index (χ3n) is 4.60. The van der Waals surface area contributed by atoms with Gasteiger partial charge in [-0.15, -0.1) is 0 Å². The molecule has 0 aliphatic heterocycles. The number of hydrogen-bond donors (Lipinski definition) is 2. The monoisotopic (exact) mass is 424 g/mol. The Morgan fingerprint density at radius 2 is 1.55 bits per heavy atom. The number of amides is 1. The van der Waals surface area contributed by atoms with Crippen LogP contribution in [0.3, 0.4) is 0 Å². The molecule has 0 saturated heterocycles. The lowest BCUT2D eigenvalue weighted by Gasteiger charge is -2.08. The fraction of sp³-hybridized carbons (Fsp3) is 0.0455. The van der Waals surface area contributed by atoms with Crippen molar-refractivity contribution in [3.63, 3.8) is 0 Å². The molecule has 0 spiro atoms. The summed E-state index contributed by atoms with van der Waals surface area (Å²) < 4.78 is 24.8. The Hall–Kier alpha value is -3.09. The number of aromatic nitrogens is 1. The SMILES string of the molecule is CS(=O)(=O)NC(=O)c1c[nH]c2cc(Cl)c(-c3ccc(-c4ccccc4)cc3)cc12. The molecule has 0 saturated carbocycles. The van der Waals surface area contributed by atoms with E-state index in [0.717, 1.165) is 28.5 Å². The second kappa shape index (κ2) is 7.39. The summed E-state index contributed by atoms with van der Waals surface area (Å²) in [4.78, 5) is 15.3. The molecule has 29 heavy (non-hydrogen) atoms. The molecule has 0 aliphatic carbocycles. The molecule has 1 heterocycles. The molecule has 5 nitrogen and oxygen atoms in total. The smallest absolute Gasteiger partial charge is 0.266 e. The van der Waals surface area contributed by atoms with Crippen molar-refractivity contribution in [3.05, 3.63) is 83.5 Å². The van der Waals surface area contributed by atoms with Gasteiger partial charge in [0, 0.05) is 22.7 Å². The van der Waals surface area contributed by atoms with Crippen molar-refractivity contribution in [2.45, 2.75) is 0 Å². The standard InChI is InChI=1S/C22H17ClN2O3S/c1-29(27,28)25-22(26)19-13-24-21-12-20(23)17(11-18(19)21)16-9-7-15(8-10-16)14-5-3-2-4-6-14/h2-13,24H,1H3,(H,25,26). The quantitative estimate of drug-likeness (QED) is 0.491.